The first-order chi connectivity index (χ1) is 8.22. The van der Waals surface area contributed by atoms with E-state index in [4.69, 9.17) is 9.11 Å². The quantitative estimate of drug-likeness (QED) is 0.566. The molecular weight excluding hydrogens is 284 g/mol. The van der Waals surface area contributed by atoms with Crippen molar-refractivity contribution in [2.24, 2.45) is 0 Å². The summed E-state index contributed by atoms with van der Waals surface area (Å²) in [6, 6.07) is 9.86. The van der Waals surface area contributed by atoms with Crippen molar-refractivity contribution in [1.29, 1.82) is 0 Å². The largest absolute Gasteiger partial charge is 0.397 e. The number of fused-ring (bicyclic) bond motifs is 1. The van der Waals surface area contributed by atoms with E-state index in [1.165, 1.54) is 0 Å². The van der Waals surface area contributed by atoms with Crippen LogP contribution in [0.5, 0.6) is 0 Å². The van der Waals surface area contributed by atoms with Crippen molar-refractivity contribution < 1.29 is 25.9 Å². The fourth-order valence-corrected chi connectivity index (χ4v) is 0.929. The van der Waals surface area contributed by atoms with Gasteiger partial charge in [0, 0.05) is 5.39 Å². The summed E-state index contributed by atoms with van der Waals surface area (Å²) in [5.41, 5.74) is 0.949. The Balaban J connectivity index is 0.000000187. The van der Waals surface area contributed by atoms with Gasteiger partial charge in [-0.2, -0.15) is 27.0 Å². The third-order valence-electron chi connectivity index (χ3n) is 1.69. The monoisotopic (exact) mass is 292 g/mol. The van der Waals surface area contributed by atoms with Crippen molar-refractivity contribution in [2.75, 3.05) is 0 Å². The first kappa shape index (κ1) is 14.4. The molecule has 98 valence electrons. The summed E-state index contributed by atoms with van der Waals surface area (Å²) in [5.74, 6) is 0. The predicted octanol–water partition coefficient (Wildman–Crippen LogP) is 0.307. The Hall–Kier alpha value is -1.62. The van der Waals surface area contributed by atoms with Gasteiger partial charge in [0.2, 0.25) is 0 Å². The molecule has 10 heteroatoms. The first-order valence-corrected chi connectivity index (χ1v) is 7.73. The van der Waals surface area contributed by atoms with Gasteiger partial charge < -0.3 is 0 Å². The third kappa shape index (κ3) is 4.00. The van der Waals surface area contributed by atoms with Gasteiger partial charge in [-0.15, -0.1) is 0 Å². The van der Waals surface area contributed by atoms with Gasteiger partial charge in [0.15, 0.2) is 0 Å². The summed E-state index contributed by atoms with van der Waals surface area (Å²) in [5, 5.41) is 8.83. The summed E-state index contributed by atoms with van der Waals surface area (Å²) >= 11 is 0. The smallest absolute Gasteiger partial charge is 0.272 e. The summed E-state index contributed by atoms with van der Waals surface area (Å²) in [6.45, 7) is 0. The molecule has 0 fully saturated rings. The van der Waals surface area contributed by atoms with Crippen molar-refractivity contribution in [2.45, 2.75) is 0 Å². The highest BCUT2D eigenvalue weighted by molar-refractivity contribution is 8.62. The highest BCUT2D eigenvalue weighted by Crippen LogP contribution is 2.06. The van der Waals surface area contributed by atoms with E-state index in [2.05, 4.69) is 10.2 Å². The Morgan fingerprint density at radius 1 is 0.889 bits per heavy atom. The molecule has 2 rings (SSSR count). The number of hydrogen-bond donors (Lipinski definition) is 2. The molecule has 0 unspecified atom stereocenters. The van der Waals surface area contributed by atoms with E-state index >= 15 is 0 Å². The standard InChI is InChI=1S/C8H6N2.H2O6S2/c1-2-4-8-7(3-1)5-6-9-10-8;1-7(2,3)8(4,5)6/h1-6H;(H,1,2,3)(H,4,5,6). The summed E-state index contributed by atoms with van der Waals surface area (Å²) in [7, 11) is -10.6. The van der Waals surface area contributed by atoms with Crippen LogP contribution >= 0.6 is 0 Å². The van der Waals surface area contributed by atoms with Crippen LogP contribution in [0.3, 0.4) is 0 Å². The molecule has 1 aromatic carbocycles. The van der Waals surface area contributed by atoms with E-state index in [9.17, 15) is 16.8 Å². The fraction of sp³-hybridized carbons (Fsp3) is 0. The Morgan fingerprint density at radius 2 is 1.44 bits per heavy atom. The molecule has 0 atom stereocenters. The summed E-state index contributed by atoms with van der Waals surface area (Å²) in [4.78, 5) is 0. The van der Waals surface area contributed by atoms with Gasteiger partial charge in [-0.3, -0.25) is 9.11 Å². The second-order valence-electron chi connectivity index (χ2n) is 2.95. The zero-order valence-electron chi connectivity index (χ0n) is 8.70. The zero-order chi connectivity index (χ0) is 13.8. The minimum atomic E-state index is -5.31. The maximum Gasteiger partial charge on any atom is 0.397 e. The molecule has 0 aliphatic heterocycles. The molecule has 0 saturated carbocycles. The molecule has 0 aliphatic carbocycles. The highest BCUT2D eigenvalue weighted by Gasteiger charge is 2.22. The number of aromatic nitrogens is 2. The SMILES string of the molecule is O=S(=O)(O)S(=O)(=O)O.c1ccc2nnccc2c1. The molecule has 1 aromatic heterocycles. The molecule has 0 bridgehead atoms. The van der Waals surface area contributed by atoms with Crippen molar-refractivity contribution in [3.63, 3.8) is 0 Å². The molecule has 0 amide bonds. The number of rotatable bonds is 1. The molecule has 8 nitrogen and oxygen atoms in total. The van der Waals surface area contributed by atoms with Gasteiger partial charge in [0.05, 0.1) is 11.7 Å². The molecule has 0 spiro atoms. The average molecular weight is 292 g/mol. The van der Waals surface area contributed by atoms with E-state index in [0.29, 0.717) is 0 Å². The predicted molar refractivity (Wildman–Crippen MR) is 62.6 cm³/mol. The first-order valence-electron chi connectivity index (χ1n) is 4.33. The Labute approximate surface area is 102 Å². The topological polar surface area (TPSA) is 135 Å². The molecule has 18 heavy (non-hydrogen) atoms. The van der Waals surface area contributed by atoms with Gasteiger partial charge in [0.25, 0.3) is 0 Å². The van der Waals surface area contributed by atoms with E-state index in [1.54, 1.807) is 6.20 Å². The third-order valence-corrected chi connectivity index (χ3v) is 3.82. The van der Waals surface area contributed by atoms with Crippen LogP contribution in [0.15, 0.2) is 36.5 Å². The number of benzene rings is 1. The minimum absolute atomic E-state index is 0.949. The van der Waals surface area contributed by atoms with Crippen molar-refractivity contribution >= 4 is 29.2 Å². The molecular formula is C8H8N2O6S2. The fourth-order valence-electron chi connectivity index (χ4n) is 0.929. The van der Waals surface area contributed by atoms with Crippen LogP contribution in [0, 0.1) is 0 Å². The van der Waals surface area contributed by atoms with Crippen molar-refractivity contribution in [1.82, 2.24) is 10.2 Å². The summed E-state index contributed by atoms with van der Waals surface area (Å²) in [6.07, 6.45) is 1.70. The van der Waals surface area contributed by atoms with Crippen LogP contribution in [-0.2, 0) is 18.3 Å². The van der Waals surface area contributed by atoms with E-state index in [0.717, 1.165) is 10.9 Å². The van der Waals surface area contributed by atoms with Crippen LogP contribution in [0.25, 0.3) is 10.9 Å². The second kappa shape index (κ2) is 5.35. The van der Waals surface area contributed by atoms with Gasteiger partial charge >= 0.3 is 18.3 Å². The van der Waals surface area contributed by atoms with Gasteiger partial charge in [0.1, 0.15) is 0 Å². The Kier molecular flexibility index (Phi) is 4.29. The van der Waals surface area contributed by atoms with E-state index in [-0.39, 0.29) is 0 Å². The van der Waals surface area contributed by atoms with Crippen LogP contribution in [0.4, 0.5) is 0 Å². The molecule has 2 aromatic rings. The lowest BCUT2D eigenvalue weighted by Crippen LogP contribution is -2.11. The molecule has 0 saturated heterocycles. The van der Waals surface area contributed by atoms with Crippen LogP contribution in [0.1, 0.15) is 0 Å². The summed E-state index contributed by atoms with van der Waals surface area (Å²) < 4.78 is 52.5. The van der Waals surface area contributed by atoms with E-state index < -0.39 is 18.3 Å². The Bertz CT molecular complexity index is 646. The van der Waals surface area contributed by atoms with Gasteiger partial charge in [-0.05, 0) is 12.1 Å². The normalized spacial score (nSPS) is 11.7. The number of hydrogen-bond acceptors (Lipinski definition) is 6. The van der Waals surface area contributed by atoms with Crippen molar-refractivity contribution in [3.05, 3.63) is 36.5 Å². The lowest BCUT2D eigenvalue weighted by Gasteiger charge is -1.90. The van der Waals surface area contributed by atoms with Gasteiger partial charge in [-0.1, -0.05) is 18.2 Å². The van der Waals surface area contributed by atoms with Gasteiger partial charge in [-0.25, -0.2) is 0 Å². The average Bonchev–Trinajstić information content (AvgIpc) is 2.27. The maximum atomic E-state index is 9.37. The second-order valence-corrected chi connectivity index (χ2v) is 7.18. The van der Waals surface area contributed by atoms with Crippen LogP contribution in [-0.4, -0.2) is 36.1 Å². The van der Waals surface area contributed by atoms with Crippen LogP contribution < -0.4 is 0 Å². The van der Waals surface area contributed by atoms with E-state index in [1.807, 2.05) is 30.3 Å². The molecule has 0 aliphatic rings. The molecule has 0 radical (unpaired) electrons. The van der Waals surface area contributed by atoms with Crippen molar-refractivity contribution in [3.8, 4) is 0 Å². The maximum absolute atomic E-state index is 9.37. The highest BCUT2D eigenvalue weighted by atomic mass is 33.2. The molecule has 1 heterocycles. The van der Waals surface area contributed by atoms with Crippen LogP contribution in [0.2, 0.25) is 0 Å². The lowest BCUT2D eigenvalue weighted by molar-refractivity contribution is 0.460. The Morgan fingerprint density at radius 3 is 1.94 bits per heavy atom. The number of nitrogens with zero attached hydrogens (tertiary/aromatic N) is 2. The zero-order valence-corrected chi connectivity index (χ0v) is 10.3. The lowest BCUT2D eigenvalue weighted by atomic mass is 10.2. The minimum Gasteiger partial charge on any atom is -0.272 e. The molecule has 2 N–H and O–H groups in total.